The first-order valence-electron chi connectivity index (χ1n) is 6.72. The van der Waals surface area contributed by atoms with Crippen molar-refractivity contribution in [3.8, 4) is 5.75 Å². The van der Waals surface area contributed by atoms with Crippen LogP contribution in [-0.4, -0.2) is 18.7 Å². The van der Waals surface area contributed by atoms with Gasteiger partial charge >= 0.3 is 6.18 Å². The van der Waals surface area contributed by atoms with Crippen LogP contribution in [0.1, 0.15) is 11.1 Å². The second kappa shape index (κ2) is 7.96. The first kappa shape index (κ1) is 18.0. The lowest BCUT2D eigenvalue weighted by molar-refractivity contribution is -0.137. The van der Waals surface area contributed by atoms with E-state index in [4.69, 9.17) is 4.74 Å². The second-order valence-corrected chi connectivity index (χ2v) is 5.57. The number of hydrazone groups is 1. The molecule has 24 heavy (non-hydrogen) atoms. The summed E-state index contributed by atoms with van der Waals surface area (Å²) in [6, 6.07) is 11.4. The molecule has 8 heteroatoms. The summed E-state index contributed by atoms with van der Waals surface area (Å²) in [7, 11) is 0. The van der Waals surface area contributed by atoms with Crippen LogP contribution in [0.5, 0.6) is 5.75 Å². The molecule has 0 aliphatic carbocycles. The highest BCUT2D eigenvalue weighted by atomic mass is 79.9. The third kappa shape index (κ3) is 5.69. The number of amides is 1. The Balaban J connectivity index is 1.80. The molecule has 0 aliphatic rings. The van der Waals surface area contributed by atoms with Crippen molar-refractivity contribution in [2.45, 2.75) is 6.18 Å². The van der Waals surface area contributed by atoms with Gasteiger partial charge in [-0.2, -0.15) is 18.3 Å². The molecule has 0 aliphatic heterocycles. The van der Waals surface area contributed by atoms with Gasteiger partial charge in [-0.25, -0.2) is 5.43 Å². The number of rotatable bonds is 5. The lowest BCUT2D eigenvalue weighted by Gasteiger charge is -2.06. The molecule has 2 aromatic rings. The van der Waals surface area contributed by atoms with Crippen LogP contribution in [0.4, 0.5) is 13.2 Å². The number of hydrogen-bond acceptors (Lipinski definition) is 3. The van der Waals surface area contributed by atoms with Crippen LogP contribution in [0.25, 0.3) is 0 Å². The summed E-state index contributed by atoms with van der Waals surface area (Å²) in [5, 5.41) is 3.67. The number of ether oxygens (including phenoxy) is 1. The van der Waals surface area contributed by atoms with Gasteiger partial charge in [0.2, 0.25) is 0 Å². The van der Waals surface area contributed by atoms with Crippen molar-refractivity contribution < 1.29 is 22.7 Å². The number of benzene rings is 2. The molecule has 1 amide bonds. The normalized spacial score (nSPS) is 11.5. The molecule has 0 atom stereocenters. The van der Waals surface area contributed by atoms with Gasteiger partial charge in [-0.05, 0) is 42.0 Å². The van der Waals surface area contributed by atoms with E-state index >= 15 is 0 Å². The summed E-state index contributed by atoms with van der Waals surface area (Å²) >= 11 is 3.28. The van der Waals surface area contributed by atoms with Gasteiger partial charge in [0.15, 0.2) is 6.61 Å². The maximum absolute atomic E-state index is 12.4. The Bertz CT molecular complexity index is 714. The van der Waals surface area contributed by atoms with E-state index in [0.29, 0.717) is 11.3 Å². The van der Waals surface area contributed by atoms with E-state index in [-0.39, 0.29) is 6.61 Å². The molecular weight excluding hydrogens is 389 g/mol. The van der Waals surface area contributed by atoms with E-state index in [2.05, 4.69) is 26.5 Å². The van der Waals surface area contributed by atoms with Gasteiger partial charge < -0.3 is 4.74 Å². The van der Waals surface area contributed by atoms with E-state index < -0.39 is 17.6 Å². The molecule has 4 nitrogen and oxygen atoms in total. The van der Waals surface area contributed by atoms with E-state index in [1.807, 2.05) is 0 Å². The van der Waals surface area contributed by atoms with Gasteiger partial charge in [-0.15, -0.1) is 0 Å². The maximum Gasteiger partial charge on any atom is 0.416 e. The van der Waals surface area contributed by atoms with Crippen molar-refractivity contribution in [1.82, 2.24) is 5.43 Å². The molecule has 126 valence electrons. The Kier molecular flexibility index (Phi) is 5.97. The van der Waals surface area contributed by atoms with Crippen molar-refractivity contribution in [3.63, 3.8) is 0 Å². The minimum Gasteiger partial charge on any atom is -0.484 e. The number of carbonyl (C=O) groups excluding carboxylic acids is 1. The molecule has 1 N–H and O–H groups in total. The van der Waals surface area contributed by atoms with E-state index in [1.54, 1.807) is 24.3 Å². The third-order valence-corrected chi connectivity index (χ3v) is 3.35. The Morgan fingerprint density at radius 2 is 1.75 bits per heavy atom. The Labute approximate surface area is 144 Å². The van der Waals surface area contributed by atoms with E-state index in [0.717, 1.165) is 16.6 Å². The summed E-state index contributed by atoms with van der Waals surface area (Å²) in [5.74, 6) is 0.0427. The molecule has 2 aromatic carbocycles. The maximum atomic E-state index is 12.4. The molecular formula is C16H12BrF3N2O2. The average Bonchev–Trinajstić information content (AvgIpc) is 2.54. The fourth-order valence-corrected chi connectivity index (χ4v) is 1.91. The van der Waals surface area contributed by atoms with Crippen molar-refractivity contribution in [2.75, 3.05) is 6.61 Å². The summed E-state index contributed by atoms with van der Waals surface area (Å²) in [5.41, 5.74) is 1.92. The van der Waals surface area contributed by atoms with Crippen molar-refractivity contribution >= 4 is 28.1 Å². The van der Waals surface area contributed by atoms with Gasteiger partial charge in [0.05, 0.1) is 11.8 Å². The Hall–Kier alpha value is -2.35. The van der Waals surface area contributed by atoms with Crippen LogP contribution in [0.3, 0.4) is 0 Å². The standard InChI is InChI=1S/C16H12BrF3N2O2/c17-13-5-7-14(8-6-13)24-10-15(23)22-21-9-11-1-3-12(4-2-11)16(18,19)20/h1-9H,10H2,(H,22,23)/b21-9-. The van der Waals surface area contributed by atoms with Gasteiger partial charge in [0.25, 0.3) is 5.91 Å². The number of carbonyl (C=O) groups is 1. The summed E-state index contributed by atoms with van der Waals surface area (Å²) in [6.07, 6.45) is -3.13. The highest BCUT2D eigenvalue weighted by Crippen LogP contribution is 2.28. The van der Waals surface area contributed by atoms with Crippen LogP contribution in [0, 0.1) is 0 Å². The first-order chi connectivity index (χ1) is 11.3. The lowest BCUT2D eigenvalue weighted by Crippen LogP contribution is -2.24. The van der Waals surface area contributed by atoms with Crippen molar-refractivity contribution in [2.24, 2.45) is 5.10 Å². The van der Waals surface area contributed by atoms with Gasteiger partial charge in [-0.3, -0.25) is 4.79 Å². The predicted molar refractivity (Wildman–Crippen MR) is 86.8 cm³/mol. The van der Waals surface area contributed by atoms with Crippen molar-refractivity contribution in [3.05, 3.63) is 64.1 Å². The molecule has 0 saturated heterocycles. The van der Waals surface area contributed by atoms with Gasteiger partial charge in [0, 0.05) is 4.47 Å². The van der Waals surface area contributed by atoms with Crippen LogP contribution in [0.2, 0.25) is 0 Å². The fourth-order valence-electron chi connectivity index (χ4n) is 1.65. The quantitative estimate of drug-likeness (QED) is 0.609. The number of alkyl halides is 3. The average molecular weight is 401 g/mol. The first-order valence-corrected chi connectivity index (χ1v) is 7.51. The monoisotopic (exact) mass is 400 g/mol. The summed E-state index contributed by atoms with van der Waals surface area (Å²) in [4.78, 5) is 11.6. The molecule has 0 bridgehead atoms. The van der Waals surface area contributed by atoms with Crippen molar-refractivity contribution in [1.29, 1.82) is 0 Å². The van der Waals surface area contributed by atoms with Gasteiger partial charge in [-0.1, -0.05) is 28.1 Å². The molecule has 0 radical (unpaired) electrons. The Morgan fingerprint density at radius 3 is 2.33 bits per heavy atom. The zero-order chi connectivity index (χ0) is 17.6. The SMILES string of the molecule is O=C(COc1ccc(Br)cc1)N/N=C\c1ccc(C(F)(F)F)cc1. The smallest absolute Gasteiger partial charge is 0.416 e. The van der Waals surface area contributed by atoms with E-state index in [9.17, 15) is 18.0 Å². The van der Waals surface area contributed by atoms with Gasteiger partial charge in [0.1, 0.15) is 5.75 Å². The number of hydrogen-bond donors (Lipinski definition) is 1. The van der Waals surface area contributed by atoms with Crippen LogP contribution < -0.4 is 10.2 Å². The van der Waals surface area contributed by atoms with Crippen LogP contribution >= 0.6 is 15.9 Å². The number of nitrogens with zero attached hydrogens (tertiary/aromatic N) is 1. The molecule has 0 aromatic heterocycles. The Morgan fingerprint density at radius 1 is 1.12 bits per heavy atom. The predicted octanol–water partition coefficient (Wildman–Crippen LogP) is 4.00. The minimum absolute atomic E-state index is 0.230. The van der Waals surface area contributed by atoms with Crippen LogP contribution in [-0.2, 0) is 11.0 Å². The topological polar surface area (TPSA) is 50.7 Å². The minimum atomic E-state index is -4.38. The van der Waals surface area contributed by atoms with E-state index in [1.165, 1.54) is 18.3 Å². The molecule has 0 unspecified atom stereocenters. The van der Waals surface area contributed by atoms with Crippen LogP contribution in [0.15, 0.2) is 58.1 Å². The summed E-state index contributed by atoms with van der Waals surface area (Å²) < 4.78 is 43.4. The zero-order valence-electron chi connectivity index (χ0n) is 12.2. The largest absolute Gasteiger partial charge is 0.484 e. The summed E-state index contributed by atoms with van der Waals surface area (Å²) in [6.45, 7) is -0.230. The molecule has 2 rings (SSSR count). The molecule has 0 saturated carbocycles. The molecule has 0 heterocycles. The molecule has 0 spiro atoms. The highest BCUT2D eigenvalue weighted by molar-refractivity contribution is 9.10. The fraction of sp³-hybridized carbons (Fsp3) is 0.125. The lowest BCUT2D eigenvalue weighted by atomic mass is 10.1. The third-order valence-electron chi connectivity index (χ3n) is 2.82. The highest BCUT2D eigenvalue weighted by Gasteiger charge is 2.29. The zero-order valence-corrected chi connectivity index (χ0v) is 13.8. The number of nitrogens with one attached hydrogen (secondary N) is 1. The number of halogens is 4. The molecule has 0 fully saturated rings. The second-order valence-electron chi connectivity index (χ2n) is 4.66.